The zero-order chi connectivity index (χ0) is 11.5. The normalized spacial score (nSPS) is 21.2. The minimum absolute atomic E-state index is 0.457. The first-order valence-electron chi connectivity index (χ1n) is 5.43. The smallest absolute Gasteiger partial charge is 0.149 e. The molecule has 1 heterocycles. The van der Waals surface area contributed by atoms with Crippen LogP contribution >= 0.6 is 11.8 Å². The zero-order valence-corrected chi connectivity index (χ0v) is 10.1. The molecule has 1 unspecified atom stereocenters. The second kappa shape index (κ2) is 5.04. The predicted octanol–water partition coefficient (Wildman–Crippen LogP) is 3.30. The maximum atomic E-state index is 13.6. The molecule has 2 rings (SSSR count). The van der Waals surface area contributed by atoms with Crippen molar-refractivity contribution < 1.29 is 8.78 Å². The Morgan fingerprint density at radius 3 is 2.88 bits per heavy atom. The van der Waals surface area contributed by atoms with Crippen LogP contribution in [0.15, 0.2) is 18.2 Å². The molecule has 1 aliphatic heterocycles. The van der Waals surface area contributed by atoms with Crippen molar-refractivity contribution in [3.63, 3.8) is 0 Å². The first-order valence-corrected chi connectivity index (χ1v) is 6.72. The Morgan fingerprint density at radius 1 is 1.38 bits per heavy atom. The minimum Gasteiger partial charge on any atom is -0.368 e. The summed E-state index contributed by atoms with van der Waals surface area (Å²) in [5.41, 5.74) is 0.528. The van der Waals surface area contributed by atoms with Crippen LogP contribution in [-0.4, -0.2) is 24.6 Å². The number of piperidine rings is 1. The van der Waals surface area contributed by atoms with Crippen molar-refractivity contribution in [2.45, 2.75) is 18.1 Å². The highest BCUT2D eigenvalue weighted by atomic mass is 32.2. The Morgan fingerprint density at radius 2 is 2.19 bits per heavy atom. The maximum absolute atomic E-state index is 13.6. The third-order valence-electron chi connectivity index (χ3n) is 2.96. The van der Waals surface area contributed by atoms with Gasteiger partial charge in [0.15, 0.2) is 0 Å². The lowest BCUT2D eigenvalue weighted by Crippen LogP contribution is -2.37. The molecule has 0 aliphatic carbocycles. The molecule has 1 aromatic carbocycles. The summed E-state index contributed by atoms with van der Waals surface area (Å²) in [5.74, 6) is -0.971. The van der Waals surface area contributed by atoms with Crippen molar-refractivity contribution >= 4 is 17.4 Å². The van der Waals surface area contributed by atoms with Gasteiger partial charge in [-0.05, 0) is 31.2 Å². The lowest BCUT2D eigenvalue weighted by atomic mass is 10.1. The van der Waals surface area contributed by atoms with Crippen LogP contribution in [0.3, 0.4) is 0 Å². The molecule has 1 atom stereocenters. The molecule has 16 heavy (non-hydrogen) atoms. The van der Waals surface area contributed by atoms with Crippen molar-refractivity contribution in [2.75, 3.05) is 24.2 Å². The van der Waals surface area contributed by atoms with Crippen LogP contribution in [0, 0.1) is 11.6 Å². The molecule has 1 aromatic rings. The van der Waals surface area contributed by atoms with E-state index in [-0.39, 0.29) is 0 Å². The topological polar surface area (TPSA) is 3.24 Å². The quantitative estimate of drug-likeness (QED) is 0.784. The van der Waals surface area contributed by atoms with Crippen molar-refractivity contribution in [1.82, 2.24) is 0 Å². The SMILES string of the molecule is CSC1CCCN(c2ccc(F)cc2F)C1. The molecule has 1 saturated heterocycles. The molecule has 0 bridgehead atoms. The van der Waals surface area contributed by atoms with Crippen LogP contribution in [0.4, 0.5) is 14.5 Å². The van der Waals surface area contributed by atoms with E-state index in [0.717, 1.165) is 25.6 Å². The van der Waals surface area contributed by atoms with Gasteiger partial charge in [-0.1, -0.05) is 0 Å². The largest absolute Gasteiger partial charge is 0.368 e. The zero-order valence-electron chi connectivity index (χ0n) is 9.25. The van der Waals surface area contributed by atoms with Gasteiger partial charge in [-0.2, -0.15) is 11.8 Å². The Hall–Kier alpha value is -0.770. The summed E-state index contributed by atoms with van der Waals surface area (Å²) >= 11 is 1.81. The van der Waals surface area contributed by atoms with Gasteiger partial charge >= 0.3 is 0 Å². The van der Waals surface area contributed by atoms with Gasteiger partial charge in [-0.25, -0.2) is 8.78 Å². The van der Waals surface area contributed by atoms with Crippen LogP contribution < -0.4 is 4.90 Å². The van der Waals surface area contributed by atoms with Crippen LogP contribution in [0.5, 0.6) is 0 Å². The fraction of sp³-hybridized carbons (Fsp3) is 0.500. The minimum atomic E-state index is -0.514. The van der Waals surface area contributed by atoms with Crippen LogP contribution in [0.25, 0.3) is 0 Å². The van der Waals surface area contributed by atoms with Gasteiger partial charge in [-0.15, -0.1) is 0 Å². The van der Waals surface area contributed by atoms with Gasteiger partial charge in [0.1, 0.15) is 11.6 Å². The summed E-state index contributed by atoms with van der Waals surface area (Å²) in [7, 11) is 0. The number of anilines is 1. The molecule has 0 amide bonds. The average molecular weight is 243 g/mol. The summed E-state index contributed by atoms with van der Waals surface area (Å²) in [6.07, 6.45) is 4.33. The molecule has 1 fully saturated rings. The summed E-state index contributed by atoms with van der Waals surface area (Å²) in [5, 5.41) is 0.554. The van der Waals surface area contributed by atoms with E-state index in [4.69, 9.17) is 0 Å². The van der Waals surface area contributed by atoms with Gasteiger partial charge in [0.05, 0.1) is 5.69 Å². The highest BCUT2D eigenvalue weighted by Crippen LogP contribution is 2.27. The van der Waals surface area contributed by atoms with E-state index < -0.39 is 11.6 Å². The van der Waals surface area contributed by atoms with E-state index in [2.05, 4.69) is 6.26 Å². The average Bonchev–Trinajstić information content (AvgIpc) is 2.29. The lowest BCUT2D eigenvalue weighted by molar-refractivity contribution is 0.553. The second-order valence-corrected chi connectivity index (χ2v) is 5.18. The first-order chi connectivity index (χ1) is 7.70. The van der Waals surface area contributed by atoms with E-state index in [9.17, 15) is 8.78 Å². The highest BCUT2D eigenvalue weighted by Gasteiger charge is 2.21. The summed E-state index contributed by atoms with van der Waals surface area (Å²) in [4.78, 5) is 2.01. The highest BCUT2D eigenvalue weighted by molar-refractivity contribution is 7.99. The predicted molar refractivity (Wildman–Crippen MR) is 65.1 cm³/mol. The summed E-state index contributed by atoms with van der Waals surface area (Å²) < 4.78 is 26.4. The van der Waals surface area contributed by atoms with Gasteiger partial charge < -0.3 is 4.90 Å². The van der Waals surface area contributed by atoms with Crippen molar-refractivity contribution in [1.29, 1.82) is 0 Å². The van der Waals surface area contributed by atoms with E-state index in [1.807, 2.05) is 16.7 Å². The molecular weight excluding hydrogens is 228 g/mol. The number of rotatable bonds is 2. The van der Waals surface area contributed by atoms with Crippen LogP contribution in [-0.2, 0) is 0 Å². The summed E-state index contributed by atoms with van der Waals surface area (Å²) in [6.45, 7) is 1.71. The molecule has 0 N–H and O–H groups in total. The van der Waals surface area contributed by atoms with Gasteiger partial charge in [-0.3, -0.25) is 0 Å². The number of benzene rings is 1. The van der Waals surface area contributed by atoms with Gasteiger partial charge in [0.25, 0.3) is 0 Å². The number of halogens is 2. The third kappa shape index (κ3) is 2.48. The molecular formula is C12H15F2NS. The monoisotopic (exact) mass is 243 g/mol. The van der Waals surface area contributed by atoms with Crippen molar-refractivity contribution in [3.05, 3.63) is 29.8 Å². The van der Waals surface area contributed by atoms with Crippen LogP contribution in [0.2, 0.25) is 0 Å². The van der Waals surface area contributed by atoms with Crippen molar-refractivity contribution in [3.8, 4) is 0 Å². The summed E-state index contributed by atoms with van der Waals surface area (Å²) in [6, 6.07) is 3.81. The molecule has 88 valence electrons. The Bertz CT molecular complexity index is 370. The number of thioether (sulfide) groups is 1. The molecule has 0 radical (unpaired) electrons. The number of hydrogen-bond acceptors (Lipinski definition) is 2. The molecule has 0 aromatic heterocycles. The Balaban J connectivity index is 2.16. The number of hydrogen-bond donors (Lipinski definition) is 0. The van der Waals surface area contributed by atoms with E-state index >= 15 is 0 Å². The second-order valence-electron chi connectivity index (χ2n) is 4.04. The molecule has 0 saturated carbocycles. The molecule has 0 spiro atoms. The standard InChI is InChI=1S/C12H15F2NS/c1-16-10-3-2-6-15(8-10)12-5-4-9(13)7-11(12)14/h4-5,7,10H,2-3,6,8H2,1H3. The van der Waals surface area contributed by atoms with Crippen molar-refractivity contribution in [2.24, 2.45) is 0 Å². The maximum Gasteiger partial charge on any atom is 0.149 e. The molecule has 1 aliphatic rings. The van der Waals surface area contributed by atoms with Crippen LogP contribution in [0.1, 0.15) is 12.8 Å². The Labute approximate surface area is 98.8 Å². The van der Waals surface area contributed by atoms with Gasteiger partial charge in [0, 0.05) is 24.4 Å². The molecule has 1 nitrogen and oxygen atoms in total. The number of nitrogens with zero attached hydrogens (tertiary/aromatic N) is 1. The van der Waals surface area contributed by atoms with E-state index in [1.165, 1.54) is 18.6 Å². The molecule has 4 heteroatoms. The van der Waals surface area contributed by atoms with Gasteiger partial charge in [0.2, 0.25) is 0 Å². The lowest BCUT2D eigenvalue weighted by Gasteiger charge is -2.33. The first kappa shape index (κ1) is 11.7. The fourth-order valence-corrected chi connectivity index (χ4v) is 2.82. The van der Waals surface area contributed by atoms with E-state index in [1.54, 1.807) is 0 Å². The van der Waals surface area contributed by atoms with E-state index in [0.29, 0.717) is 10.9 Å². The fourth-order valence-electron chi connectivity index (χ4n) is 2.09. The Kier molecular flexibility index (Phi) is 3.69. The third-order valence-corrected chi connectivity index (χ3v) is 4.01.